The molecule has 0 aliphatic carbocycles. The number of nitrogens with one attached hydrogen (secondary N) is 1. The first-order valence-electron chi connectivity index (χ1n) is 12.1. The number of halogens is 3. The standard InChI is InChI=1S/C26H20F3N9O/c1-35-9-6-18(33-35)15-4-5-21-16(12-32-38(21)13-15)25(39)36-10-7-19-23(31-14-30-19)24(36)20-11-22-17(26(27,28)29)3-2-8-37(22)34-20/h2-6,8-9,11-14,24H,7,10H2,1H3,(H,30,31)/t24-/m0/s1. The molecular formula is C26H20F3N9O. The van der Waals surface area contributed by atoms with E-state index in [4.69, 9.17) is 0 Å². The van der Waals surface area contributed by atoms with E-state index in [1.165, 1.54) is 35.4 Å². The van der Waals surface area contributed by atoms with Crippen LogP contribution in [0.1, 0.15) is 39.0 Å². The zero-order valence-corrected chi connectivity index (χ0v) is 20.5. The van der Waals surface area contributed by atoms with Crippen LogP contribution in [0.3, 0.4) is 0 Å². The number of pyridine rings is 2. The normalized spacial score (nSPS) is 15.8. The molecule has 39 heavy (non-hydrogen) atoms. The molecule has 0 saturated heterocycles. The lowest BCUT2D eigenvalue weighted by Crippen LogP contribution is -2.41. The number of nitrogens with zero attached hydrogens (tertiary/aromatic N) is 8. The van der Waals surface area contributed by atoms with Gasteiger partial charge >= 0.3 is 6.18 Å². The Bertz CT molecular complexity index is 1880. The van der Waals surface area contributed by atoms with E-state index in [0.717, 1.165) is 23.0 Å². The third kappa shape index (κ3) is 3.68. The van der Waals surface area contributed by atoms with Crippen molar-refractivity contribution in [2.45, 2.75) is 18.6 Å². The molecule has 1 aliphatic rings. The molecule has 1 amide bonds. The summed E-state index contributed by atoms with van der Waals surface area (Å²) in [5, 5.41) is 13.3. The van der Waals surface area contributed by atoms with Crippen molar-refractivity contribution in [1.29, 1.82) is 0 Å². The van der Waals surface area contributed by atoms with Crippen LogP contribution in [0.2, 0.25) is 0 Å². The zero-order valence-electron chi connectivity index (χ0n) is 20.5. The van der Waals surface area contributed by atoms with Gasteiger partial charge in [0.15, 0.2) is 0 Å². The number of aromatic nitrogens is 8. The number of hydrogen-bond donors (Lipinski definition) is 1. The summed E-state index contributed by atoms with van der Waals surface area (Å²) in [6, 6.07) is 8.48. The minimum Gasteiger partial charge on any atom is -0.348 e. The zero-order chi connectivity index (χ0) is 26.9. The van der Waals surface area contributed by atoms with Gasteiger partial charge in [0.25, 0.3) is 5.91 Å². The SMILES string of the molecule is Cn1ccc(-c2ccc3c(C(=O)N4CCc5[nH]cnc5[C@@H]4c4cc5c(C(F)(F)F)cccn5n4)cnn3c2)n1. The monoisotopic (exact) mass is 531 g/mol. The first kappa shape index (κ1) is 23.2. The van der Waals surface area contributed by atoms with Crippen molar-refractivity contribution in [3.05, 3.63) is 95.7 Å². The van der Waals surface area contributed by atoms with Crippen molar-refractivity contribution >= 4 is 16.9 Å². The molecule has 6 aromatic heterocycles. The first-order valence-corrected chi connectivity index (χ1v) is 12.1. The van der Waals surface area contributed by atoms with Gasteiger partial charge in [0, 0.05) is 49.9 Å². The minimum atomic E-state index is -4.55. The summed E-state index contributed by atoms with van der Waals surface area (Å²) in [7, 11) is 1.83. The van der Waals surface area contributed by atoms with Crippen LogP contribution in [0.15, 0.2) is 67.5 Å². The summed E-state index contributed by atoms with van der Waals surface area (Å²) in [5.74, 6) is -0.317. The number of imidazole rings is 1. The molecule has 0 spiro atoms. The fourth-order valence-corrected chi connectivity index (χ4v) is 5.23. The predicted octanol–water partition coefficient (Wildman–Crippen LogP) is 3.91. The van der Waals surface area contributed by atoms with E-state index < -0.39 is 17.8 Å². The number of aromatic amines is 1. The number of amides is 1. The molecule has 10 nitrogen and oxygen atoms in total. The fourth-order valence-electron chi connectivity index (χ4n) is 5.23. The first-order chi connectivity index (χ1) is 18.8. The highest BCUT2D eigenvalue weighted by molar-refractivity contribution is 6.01. The van der Waals surface area contributed by atoms with Crippen molar-refractivity contribution in [1.82, 2.24) is 43.9 Å². The van der Waals surface area contributed by atoms with Gasteiger partial charge in [0.1, 0.15) is 6.04 Å². The Balaban J connectivity index is 1.31. The lowest BCUT2D eigenvalue weighted by atomic mass is 9.98. The number of H-pyrrole nitrogens is 1. The quantitative estimate of drug-likeness (QED) is 0.373. The van der Waals surface area contributed by atoms with E-state index in [1.807, 2.05) is 31.4 Å². The second-order valence-corrected chi connectivity index (χ2v) is 9.42. The molecule has 7 heterocycles. The van der Waals surface area contributed by atoms with Gasteiger partial charge < -0.3 is 9.88 Å². The van der Waals surface area contributed by atoms with Gasteiger partial charge in [0.2, 0.25) is 0 Å². The van der Waals surface area contributed by atoms with E-state index in [9.17, 15) is 18.0 Å². The Hall–Kier alpha value is -4.94. The number of carbonyl (C=O) groups excluding carboxylic acids is 1. The number of fused-ring (bicyclic) bond motifs is 3. The second-order valence-electron chi connectivity index (χ2n) is 9.42. The van der Waals surface area contributed by atoms with Gasteiger partial charge in [-0.3, -0.25) is 9.48 Å². The molecule has 13 heteroatoms. The molecule has 7 rings (SSSR count). The van der Waals surface area contributed by atoms with Crippen LogP contribution >= 0.6 is 0 Å². The molecule has 0 unspecified atom stereocenters. The molecular weight excluding hydrogens is 511 g/mol. The van der Waals surface area contributed by atoms with Gasteiger partial charge in [-0.1, -0.05) is 0 Å². The summed E-state index contributed by atoms with van der Waals surface area (Å²) in [4.78, 5) is 23.1. The van der Waals surface area contributed by atoms with E-state index >= 15 is 0 Å². The summed E-state index contributed by atoms with van der Waals surface area (Å²) in [6.07, 6.45) is 4.09. The lowest BCUT2D eigenvalue weighted by Gasteiger charge is -2.33. The molecule has 0 radical (unpaired) electrons. The second kappa shape index (κ2) is 8.28. The average Bonchev–Trinajstić information content (AvgIpc) is 3.71. The highest BCUT2D eigenvalue weighted by atomic mass is 19.4. The van der Waals surface area contributed by atoms with Crippen LogP contribution in [-0.4, -0.2) is 56.3 Å². The maximum Gasteiger partial charge on any atom is 0.418 e. The van der Waals surface area contributed by atoms with Gasteiger partial charge in [-0.2, -0.15) is 28.5 Å². The topological polar surface area (TPSA) is 101 Å². The van der Waals surface area contributed by atoms with Crippen LogP contribution in [0.25, 0.3) is 22.3 Å². The number of rotatable bonds is 3. The lowest BCUT2D eigenvalue weighted by molar-refractivity contribution is -0.136. The summed E-state index contributed by atoms with van der Waals surface area (Å²) < 4.78 is 45.6. The Kier molecular flexibility index (Phi) is 4.93. The fraction of sp³-hybridized carbons (Fsp3) is 0.192. The summed E-state index contributed by atoms with van der Waals surface area (Å²) in [5.41, 5.74) is 3.35. The molecule has 1 aliphatic heterocycles. The van der Waals surface area contributed by atoms with Crippen molar-refractivity contribution in [3.8, 4) is 11.3 Å². The molecule has 0 aromatic carbocycles. The third-order valence-corrected chi connectivity index (χ3v) is 7.05. The molecule has 6 aromatic rings. The molecule has 0 bridgehead atoms. The maximum absolute atomic E-state index is 14.0. The van der Waals surface area contributed by atoms with Crippen LogP contribution in [0.5, 0.6) is 0 Å². The number of alkyl halides is 3. The smallest absolute Gasteiger partial charge is 0.348 e. The Labute approximate surface area is 218 Å². The van der Waals surface area contributed by atoms with Gasteiger partial charge in [0.05, 0.1) is 51.8 Å². The molecule has 196 valence electrons. The van der Waals surface area contributed by atoms with Gasteiger partial charge in [-0.25, -0.2) is 14.0 Å². The number of aryl methyl sites for hydroxylation is 1. The highest BCUT2D eigenvalue weighted by Gasteiger charge is 2.39. The van der Waals surface area contributed by atoms with Gasteiger partial charge in [-0.05, 0) is 36.4 Å². The minimum absolute atomic E-state index is 0.0897. The Morgan fingerprint density at radius 2 is 1.95 bits per heavy atom. The van der Waals surface area contributed by atoms with Crippen LogP contribution < -0.4 is 0 Å². The number of hydrogen-bond acceptors (Lipinski definition) is 5. The van der Waals surface area contributed by atoms with E-state index in [1.54, 1.807) is 20.3 Å². The van der Waals surface area contributed by atoms with E-state index in [0.29, 0.717) is 35.4 Å². The maximum atomic E-state index is 14.0. The molecule has 1 N–H and O–H groups in total. The molecule has 1 atom stereocenters. The Morgan fingerprint density at radius 1 is 1.08 bits per heavy atom. The molecule has 0 saturated carbocycles. The average molecular weight is 532 g/mol. The summed E-state index contributed by atoms with van der Waals surface area (Å²) in [6.45, 7) is 0.321. The highest BCUT2D eigenvalue weighted by Crippen LogP contribution is 2.37. The Morgan fingerprint density at radius 3 is 2.74 bits per heavy atom. The van der Waals surface area contributed by atoms with Crippen LogP contribution in [-0.2, 0) is 19.6 Å². The summed E-state index contributed by atoms with van der Waals surface area (Å²) >= 11 is 0. The van der Waals surface area contributed by atoms with Crippen molar-refractivity contribution < 1.29 is 18.0 Å². The predicted molar refractivity (Wildman–Crippen MR) is 133 cm³/mol. The van der Waals surface area contributed by atoms with Gasteiger partial charge in [-0.15, -0.1) is 0 Å². The van der Waals surface area contributed by atoms with E-state index in [-0.39, 0.29) is 11.4 Å². The van der Waals surface area contributed by atoms with Crippen molar-refractivity contribution in [2.75, 3.05) is 6.54 Å². The van der Waals surface area contributed by atoms with Crippen molar-refractivity contribution in [2.24, 2.45) is 7.05 Å². The molecule has 0 fully saturated rings. The van der Waals surface area contributed by atoms with Crippen LogP contribution in [0, 0.1) is 0 Å². The third-order valence-electron chi connectivity index (χ3n) is 7.05. The van der Waals surface area contributed by atoms with E-state index in [2.05, 4.69) is 25.3 Å². The number of carbonyl (C=O) groups is 1. The van der Waals surface area contributed by atoms with Crippen LogP contribution in [0.4, 0.5) is 13.2 Å². The largest absolute Gasteiger partial charge is 0.418 e. The van der Waals surface area contributed by atoms with Crippen molar-refractivity contribution in [3.63, 3.8) is 0 Å².